The van der Waals surface area contributed by atoms with Crippen molar-refractivity contribution in [2.24, 2.45) is 5.92 Å². The first-order valence-electron chi connectivity index (χ1n) is 7.37. The van der Waals surface area contributed by atoms with E-state index in [1.807, 2.05) is 13.8 Å². The second-order valence-corrected chi connectivity index (χ2v) is 6.64. The lowest BCUT2D eigenvalue weighted by Gasteiger charge is -2.15. The van der Waals surface area contributed by atoms with E-state index in [0.717, 1.165) is 0 Å². The van der Waals surface area contributed by atoms with E-state index in [1.54, 1.807) is 30.3 Å². The Morgan fingerprint density at radius 2 is 2.00 bits per heavy atom. The van der Waals surface area contributed by atoms with Gasteiger partial charge >= 0.3 is 5.97 Å². The minimum atomic E-state index is -0.858. The van der Waals surface area contributed by atoms with Gasteiger partial charge < -0.3 is 9.52 Å². The van der Waals surface area contributed by atoms with Crippen LogP contribution in [0.5, 0.6) is 0 Å². The number of hydrogen-bond donors (Lipinski definition) is 2. The number of rotatable bonds is 7. The monoisotopic (exact) mass is 355 g/mol. The zero-order chi connectivity index (χ0) is 17.0. The minimum absolute atomic E-state index is 0.293. The predicted octanol–water partition coefficient (Wildman–Crippen LogP) is 4.84. The van der Waals surface area contributed by atoms with Crippen LogP contribution in [-0.2, 0) is 11.3 Å². The largest absolute Gasteiger partial charge is 0.480 e. The van der Waals surface area contributed by atoms with Crippen LogP contribution >= 0.6 is 23.2 Å². The molecule has 0 aliphatic carbocycles. The molecular weight excluding hydrogens is 337 g/mol. The normalized spacial score (nSPS) is 12.6. The van der Waals surface area contributed by atoms with Crippen molar-refractivity contribution < 1.29 is 14.3 Å². The van der Waals surface area contributed by atoms with Crippen LogP contribution in [0, 0.1) is 5.92 Å². The molecule has 1 unspecified atom stereocenters. The number of aliphatic carboxylic acids is 1. The van der Waals surface area contributed by atoms with Crippen molar-refractivity contribution in [2.75, 3.05) is 0 Å². The molecule has 1 heterocycles. The second-order valence-electron chi connectivity index (χ2n) is 5.79. The van der Waals surface area contributed by atoms with Gasteiger partial charge in [-0.2, -0.15) is 0 Å². The van der Waals surface area contributed by atoms with Crippen LogP contribution < -0.4 is 5.32 Å². The fraction of sp³-hybridized carbons (Fsp3) is 0.353. The summed E-state index contributed by atoms with van der Waals surface area (Å²) in [4.78, 5) is 11.2. The smallest absolute Gasteiger partial charge is 0.320 e. The van der Waals surface area contributed by atoms with Crippen molar-refractivity contribution in [2.45, 2.75) is 32.9 Å². The maximum Gasteiger partial charge on any atom is 0.320 e. The molecule has 23 heavy (non-hydrogen) atoms. The fourth-order valence-electron chi connectivity index (χ4n) is 2.27. The van der Waals surface area contributed by atoms with Crippen molar-refractivity contribution in [3.63, 3.8) is 0 Å². The Morgan fingerprint density at radius 1 is 1.26 bits per heavy atom. The van der Waals surface area contributed by atoms with Gasteiger partial charge in [0.25, 0.3) is 0 Å². The Bertz CT molecular complexity index is 682. The number of benzene rings is 1. The minimum Gasteiger partial charge on any atom is -0.480 e. The highest BCUT2D eigenvalue weighted by Crippen LogP contribution is 2.31. The Morgan fingerprint density at radius 3 is 2.65 bits per heavy atom. The molecule has 4 nitrogen and oxygen atoms in total. The second kappa shape index (κ2) is 7.86. The number of carboxylic acid groups (broad SMARTS) is 1. The quantitative estimate of drug-likeness (QED) is 0.745. The Kier molecular flexibility index (Phi) is 6.10. The standard InChI is InChI=1S/C17H19Cl2NO3/c1-10(2)7-15(17(21)22)20-9-12-4-6-16(23-12)13-8-11(18)3-5-14(13)19/h3-6,8,10,15,20H,7,9H2,1-2H3,(H,21,22). The lowest BCUT2D eigenvalue weighted by atomic mass is 10.0. The van der Waals surface area contributed by atoms with Crippen molar-refractivity contribution >= 4 is 29.2 Å². The molecule has 1 aromatic heterocycles. The van der Waals surface area contributed by atoms with Crippen molar-refractivity contribution in [3.8, 4) is 11.3 Å². The van der Waals surface area contributed by atoms with Crippen molar-refractivity contribution in [3.05, 3.63) is 46.1 Å². The number of carbonyl (C=O) groups is 1. The zero-order valence-corrected chi connectivity index (χ0v) is 14.5. The molecule has 0 fully saturated rings. The number of nitrogens with one attached hydrogen (secondary N) is 1. The summed E-state index contributed by atoms with van der Waals surface area (Å²) in [5.74, 6) is 0.681. The van der Waals surface area contributed by atoms with Crippen LogP contribution in [0.4, 0.5) is 0 Å². The van der Waals surface area contributed by atoms with E-state index in [4.69, 9.17) is 27.6 Å². The van der Waals surface area contributed by atoms with Gasteiger partial charge in [0.05, 0.1) is 11.6 Å². The number of halogens is 2. The van der Waals surface area contributed by atoms with Crippen molar-refractivity contribution in [1.29, 1.82) is 0 Å². The SMILES string of the molecule is CC(C)CC(NCc1ccc(-c2cc(Cl)ccc2Cl)o1)C(=O)O. The van der Waals surface area contributed by atoms with E-state index >= 15 is 0 Å². The van der Waals surface area contributed by atoms with E-state index < -0.39 is 12.0 Å². The summed E-state index contributed by atoms with van der Waals surface area (Å²) in [5, 5.41) is 13.4. The molecular formula is C17H19Cl2NO3. The summed E-state index contributed by atoms with van der Waals surface area (Å²) in [6, 6.07) is 8.16. The Hall–Kier alpha value is -1.49. The molecule has 0 saturated heterocycles. The van der Waals surface area contributed by atoms with Gasteiger partial charge in [-0.15, -0.1) is 0 Å². The molecule has 6 heteroatoms. The highest BCUT2D eigenvalue weighted by atomic mass is 35.5. The summed E-state index contributed by atoms with van der Waals surface area (Å²) >= 11 is 12.1. The third kappa shape index (κ3) is 4.99. The first-order chi connectivity index (χ1) is 10.9. The number of hydrogen-bond acceptors (Lipinski definition) is 3. The Labute approximate surface area is 145 Å². The molecule has 0 saturated carbocycles. The summed E-state index contributed by atoms with van der Waals surface area (Å²) in [5.41, 5.74) is 0.711. The van der Waals surface area contributed by atoms with Crippen molar-refractivity contribution in [1.82, 2.24) is 5.32 Å². The number of carboxylic acids is 1. The van der Waals surface area contributed by atoms with Gasteiger partial charge in [-0.05, 0) is 42.7 Å². The molecule has 0 amide bonds. The highest BCUT2D eigenvalue weighted by molar-refractivity contribution is 6.35. The third-order valence-electron chi connectivity index (χ3n) is 3.38. The van der Waals surface area contributed by atoms with Gasteiger partial charge in [0, 0.05) is 10.6 Å². The van der Waals surface area contributed by atoms with Gasteiger partial charge in [-0.3, -0.25) is 10.1 Å². The van der Waals surface area contributed by atoms with E-state index in [9.17, 15) is 9.90 Å². The molecule has 0 spiro atoms. The van der Waals surface area contributed by atoms with E-state index in [1.165, 1.54) is 0 Å². The van der Waals surface area contributed by atoms with Crippen LogP contribution in [0.25, 0.3) is 11.3 Å². The van der Waals surface area contributed by atoms with Crippen LogP contribution in [0.1, 0.15) is 26.0 Å². The van der Waals surface area contributed by atoms with Crippen LogP contribution in [0.2, 0.25) is 10.0 Å². The molecule has 2 rings (SSSR count). The number of furan rings is 1. The average molecular weight is 356 g/mol. The Balaban J connectivity index is 2.07. The molecule has 2 N–H and O–H groups in total. The van der Waals surface area contributed by atoms with E-state index in [0.29, 0.717) is 46.0 Å². The molecule has 2 aromatic rings. The maximum absolute atomic E-state index is 11.2. The molecule has 1 aromatic carbocycles. The lowest BCUT2D eigenvalue weighted by molar-refractivity contribution is -0.140. The fourth-order valence-corrected chi connectivity index (χ4v) is 2.65. The third-order valence-corrected chi connectivity index (χ3v) is 3.95. The molecule has 124 valence electrons. The van der Waals surface area contributed by atoms with Gasteiger partial charge in [-0.25, -0.2) is 0 Å². The summed E-state index contributed by atoms with van der Waals surface area (Å²) in [7, 11) is 0. The first kappa shape index (κ1) is 17.9. The summed E-state index contributed by atoms with van der Waals surface area (Å²) < 4.78 is 5.74. The van der Waals surface area contributed by atoms with Crippen LogP contribution in [0.3, 0.4) is 0 Å². The highest BCUT2D eigenvalue weighted by Gasteiger charge is 2.19. The van der Waals surface area contributed by atoms with Gasteiger partial charge in [0.15, 0.2) is 0 Å². The van der Waals surface area contributed by atoms with E-state index in [-0.39, 0.29) is 0 Å². The lowest BCUT2D eigenvalue weighted by Crippen LogP contribution is -2.37. The van der Waals surface area contributed by atoms with Gasteiger partial charge in [-0.1, -0.05) is 37.0 Å². The van der Waals surface area contributed by atoms with Gasteiger partial charge in [0.2, 0.25) is 0 Å². The zero-order valence-electron chi connectivity index (χ0n) is 13.0. The van der Waals surface area contributed by atoms with Crippen LogP contribution in [0.15, 0.2) is 34.7 Å². The van der Waals surface area contributed by atoms with E-state index in [2.05, 4.69) is 5.32 Å². The molecule has 0 aliphatic heterocycles. The van der Waals surface area contributed by atoms with Crippen LogP contribution in [-0.4, -0.2) is 17.1 Å². The average Bonchev–Trinajstić information content (AvgIpc) is 2.94. The summed E-state index contributed by atoms with van der Waals surface area (Å²) in [6.07, 6.45) is 0.559. The molecule has 0 radical (unpaired) electrons. The molecule has 1 atom stereocenters. The first-order valence-corrected chi connectivity index (χ1v) is 8.12. The molecule has 0 aliphatic rings. The predicted molar refractivity (Wildman–Crippen MR) is 91.9 cm³/mol. The van der Waals surface area contributed by atoms with Gasteiger partial charge in [0.1, 0.15) is 17.6 Å². The summed E-state index contributed by atoms with van der Waals surface area (Å²) in [6.45, 7) is 4.31. The molecule has 0 bridgehead atoms. The topological polar surface area (TPSA) is 62.5 Å². The maximum atomic E-state index is 11.2.